The number of hydrogen-bond acceptors (Lipinski definition) is 4. The Hall–Kier alpha value is -1.12. The summed E-state index contributed by atoms with van der Waals surface area (Å²) in [7, 11) is 0. The van der Waals surface area contributed by atoms with Crippen molar-refractivity contribution in [2.45, 2.75) is 44.3 Å². The third kappa shape index (κ3) is 3.07. The van der Waals surface area contributed by atoms with Crippen molar-refractivity contribution in [2.24, 2.45) is 5.41 Å². The number of nitrogens with one attached hydrogen (secondary N) is 2. The third-order valence-electron chi connectivity index (χ3n) is 5.23. The molecule has 0 radical (unpaired) electrons. The first-order chi connectivity index (χ1) is 11.2. The Bertz CT molecular complexity index is 693. The molecule has 1 aliphatic carbocycles. The SMILES string of the molecule is C[C@@]12C[C@@H](C(=O)Nc3nc(Br)ccc3CN3CC(F)(F)C3)N[C@@H]1C2. The highest BCUT2D eigenvalue weighted by atomic mass is 79.9. The Morgan fingerprint density at radius 2 is 2.21 bits per heavy atom. The fraction of sp³-hybridized carbons (Fsp3) is 0.625. The van der Waals surface area contributed by atoms with Crippen molar-refractivity contribution < 1.29 is 13.6 Å². The van der Waals surface area contributed by atoms with Crippen LogP contribution in [0.15, 0.2) is 16.7 Å². The maximum absolute atomic E-state index is 13.0. The van der Waals surface area contributed by atoms with Crippen LogP contribution >= 0.6 is 15.9 Å². The average molecular weight is 401 g/mol. The Kier molecular flexibility index (Phi) is 3.71. The Labute approximate surface area is 147 Å². The minimum absolute atomic E-state index is 0.107. The highest BCUT2D eigenvalue weighted by Crippen LogP contribution is 2.54. The standard InChI is InChI=1S/C16H19BrF2N4O/c1-15-4-10(20-11(15)5-15)14(24)22-13-9(2-3-12(17)21-13)6-23-7-16(18,19)8-23/h2-3,10-11,20H,4-8H2,1H3,(H,21,22,24)/t10-,11+,15-/m0/s1. The Morgan fingerprint density at radius 3 is 2.83 bits per heavy atom. The predicted octanol–water partition coefficient (Wildman–Crippen LogP) is 2.37. The summed E-state index contributed by atoms with van der Waals surface area (Å²) >= 11 is 3.30. The number of carbonyl (C=O) groups is 1. The lowest BCUT2D eigenvalue weighted by molar-refractivity contribution is -0.133. The molecule has 8 heteroatoms. The summed E-state index contributed by atoms with van der Waals surface area (Å²) in [5.74, 6) is -2.27. The Morgan fingerprint density at radius 1 is 1.46 bits per heavy atom. The number of alkyl halides is 2. The molecule has 1 aromatic heterocycles. The average Bonchev–Trinajstić information content (AvgIpc) is 2.97. The number of carbonyl (C=O) groups excluding carboxylic acids is 1. The second-order valence-corrected chi connectivity index (χ2v) is 8.28. The number of aromatic nitrogens is 1. The summed E-state index contributed by atoms with van der Waals surface area (Å²) in [6.45, 7) is 2.04. The largest absolute Gasteiger partial charge is 0.309 e. The summed E-state index contributed by atoms with van der Waals surface area (Å²) in [5.41, 5.74) is 0.995. The number of amides is 1. The molecule has 1 amide bonds. The zero-order valence-corrected chi connectivity index (χ0v) is 14.9. The van der Waals surface area contributed by atoms with Gasteiger partial charge in [-0.05, 0) is 40.3 Å². The zero-order chi connectivity index (χ0) is 17.1. The van der Waals surface area contributed by atoms with Crippen molar-refractivity contribution in [3.63, 3.8) is 0 Å². The van der Waals surface area contributed by atoms with E-state index in [4.69, 9.17) is 0 Å². The van der Waals surface area contributed by atoms with Crippen molar-refractivity contribution in [1.82, 2.24) is 15.2 Å². The van der Waals surface area contributed by atoms with Gasteiger partial charge in [-0.3, -0.25) is 9.69 Å². The topological polar surface area (TPSA) is 57.3 Å². The van der Waals surface area contributed by atoms with E-state index in [1.54, 1.807) is 11.0 Å². The smallest absolute Gasteiger partial charge is 0.272 e. The van der Waals surface area contributed by atoms with Crippen molar-refractivity contribution in [2.75, 3.05) is 18.4 Å². The molecule has 1 aromatic rings. The zero-order valence-electron chi connectivity index (χ0n) is 13.3. The van der Waals surface area contributed by atoms with Crippen LogP contribution in [0.2, 0.25) is 0 Å². The monoisotopic (exact) mass is 400 g/mol. The molecule has 4 rings (SSSR count). The first-order valence-electron chi connectivity index (χ1n) is 8.07. The van der Waals surface area contributed by atoms with E-state index < -0.39 is 5.92 Å². The van der Waals surface area contributed by atoms with E-state index in [1.165, 1.54) is 0 Å². The minimum Gasteiger partial charge on any atom is -0.309 e. The van der Waals surface area contributed by atoms with Crippen LogP contribution < -0.4 is 10.6 Å². The maximum Gasteiger partial charge on any atom is 0.272 e. The van der Waals surface area contributed by atoms with E-state index >= 15 is 0 Å². The summed E-state index contributed by atoms with van der Waals surface area (Å²) in [6, 6.07) is 3.79. The van der Waals surface area contributed by atoms with Crippen LogP contribution in [0.1, 0.15) is 25.3 Å². The van der Waals surface area contributed by atoms with Gasteiger partial charge in [0.2, 0.25) is 5.91 Å². The fourth-order valence-corrected chi connectivity index (χ4v) is 4.00. The molecule has 5 nitrogen and oxygen atoms in total. The minimum atomic E-state index is -2.60. The molecule has 3 heterocycles. The second-order valence-electron chi connectivity index (χ2n) is 7.47. The van der Waals surface area contributed by atoms with Crippen molar-refractivity contribution in [3.05, 3.63) is 22.3 Å². The van der Waals surface area contributed by atoms with E-state index in [0.717, 1.165) is 18.4 Å². The number of halogens is 3. The van der Waals surface area contributed by atoms with Gasteiger partial charge in [-0.25, -0.2) is 13.8 Å². The molecular weight excluding hydrogens is 382 g/mol. The van der Waals surface area contributed by atoms with Gasteiger partial charge in [0.05, 0.1) is 19.1 Å². The number of fused-ring (bicyclic) bond motifs is 1. The van der Waals surface area contributed by atoms with Gasteiger partial charge in [-0.1, -0.05) is 13.0 Å². The molecule has 0 spiro atoms. The van der Waals surface area contributed by atoms with E-state index in [-0.39, 0.29) is 30.5 Å². The van der Waals surface area contributed by atoms with E-state index in [2.05, 4.69) is 38.5 Å². The second kappa shape index (κ2) is 5.44. The first kappa shape index (κ1) is 16.4. The molecule has 2 aliphatic heterocycles. The van der Waals surface area contributed by atoms with E-state index in [0.29, 0.717) is 23.0 Å². The quantitative estimate of drug-likeness (QED) is 0.761. The fourth-order valence-electron chi connectivity index (χ4n) is 3.69. The number of likely N-dealkylation sites (tertiary alicyclic amines) is 1. The van der Waals surface area contributed by atoms with Crippen LogP contribution in [-0.2, 0) is 11.3 Å². The molecule has 24 heavy (non-hydrogen) atoms. The van der Waals surface area contributed by atoms with E-state index in [9.17, 15) is 13.6 Å². The van der Waals surface area contributed by atoms with Crippen LogP contribution in [0.5, 0.6) is 0 Å². The number of piperidine rings is 1. The molecule has 0 bridgehead atoms. The molecule has 1 saturated carbocycles. The molecule has 0 unspecified atom stereocenters. The van der Waals surface area contributed by atoms with Crippen molar-refractivity contribution in [1.29, 1.82) is 0 Å². The van der Waals surface area contributed by atoms with Crippen LogP contribution in [0.3, 0.4) is 0 Å². The van der Waals surface area contributed by atoms with Crippen LogP contribution in [-0.4, -0.2) is 46.9 Å². The summed E-state index contributed by atoms with van der Waals surface area (Å²) < 4.78 is 26.6. The normalized spacial score (nSPS) is 33.7. The van der Waals surface area contributed by atoms with Gasteiger partial charge in [0, 0.05) is 18.2 Å². The van der Waals surface area contributed by atoms with Gasteiger partial charge in [-0.15, -0.1) is 0 Å². The van der Waals surface area contributed by atoms with Gasteiger partial charge in [-0.2, -0.15) is 0 Å². The molecule has 3 atom stereocenters. The number of rotatable bonds is 4. The van der Waals surface area contributed by atoms with Gasteiger partial charge < -0.3 is 10.6 Å². The maximum atomic E-state index is 13.0. The predicted molar refractivity (Wildman–Crippen MR) is 88.8 cm³/mol. The van der Waals surface area contributed by atoms with Crippen LogP contribution in [0, 0.1) is 5.41 Å². The van der Waals surface area contributed by atoms with E-state index in [1.807, 2.05) is 6.07 Å². The number of pyridine rings is 1. The first-order valence-corrected chi connectivity index (χ1v) is 8.86. The Balaban J connectivity index is 1.44. The lowest BCUT2D eigenvalue weighted by atomic mass is 10.0. The third-order valence-corrected chi connectivity index (χ3v) is 5.67. The highest BCUT2D eigenvalue weighted by Gasteiger charge is 2.58. The van der Waals surface area contributed by atoms with Crippen molar-refractivity contribution >= 4 is 27.7 Å². The number of hydrogen-bond donors (Lipinski definition) is 2. The van der Waals surface area contributed by atoms with Gasteiger partial charge in [0.1, 0.15) is 10.4 Å². The molecule has 0 aromatic carbocycles. The molecule has 3 aliphatic rings. The van der Waals surface area contributed by atoms with Crippen LogP contribution in [0.4, 0.5) is 14.6 Å². The van der Waals surface area contributed by atoms with Gasteiger partial charge in [0.25, 0.3) is 5.92 Å². The van der Waals surface area contributed by atoms with Crippen LogP contribution in [0.25, 0.3) is 0 Å². The van der Waals surface area contributed by atoms with Gasteiger partial charge >= 0.3 is 0 Å². The molecule has 130 valence electrons. The lowest BCUT2D eigenvalue weighted by Crippen LogP contribution is -2.55. The molecular formula is C16H19BrF2N4O. The molecule has 2 N–H and O–H groups in total. The molecule has 2 saturated heterocycles. The lowest BCUT2D eigenvalue weighted by Gasteiger charge is -2.38. The highest BCUT2D eigenvalue weighted by molar-refractivity contribution is 9.10. The van der Waals surface area contributed by atoms with Crippen molar-refractivity contribution in [3.8, 4) is 0 Å². The summed E-state index contributed by atoms with van der Waals surface area (Å²) in [5, 5.41) is 6.20. The number of nitrogens with zero attached hydrogens (tertiary/aromatic N) is 2. The molecule has 3 fully saturated rings. The number of anilines is 1. The summed E-state index contributed by atoms with van der Waals surface area (Å²) in [6.07, 6.45) is 1.95. The van der Waals surface area contributed by atoms with Gasteiger partial charge in [0.15, 0.2) is 0 Å². The summed E-state index contributed by atoms with van der Waals surface area (Å²) in [4.78, 5) is 18.5.